The van der Waals surface area contributed by atoms with Gasteiger partial charge in [-0.3, -0.25) is 0 Å². The number of hydrogen-bond acceptors (Lipinski definition) is 5. The van der Waals surface area contributed by atoms with Crippen LogP contribution in [0.25, 0.3) is 0 Å². The van der Waals surface area contributed by atoms with E-state index >= 15 is 0 Å². The molecule has 0 saturated heterocycles. The number of nitrogens with zero attached hydrogens (tertiary/aromatic N) is 2. The molecule has 0 amide bonds. The number of rotatable bonds is 4. The van der Waals surface area contributed by atoms with Gasteiger partial charge in [0.1, 0.15) is 5.82 Å². The van der Waals surface area contributed by atoms with E-state index in [1.807, 2.05) is 0 Å². The van der Waals surface area contributed by atoms with E-state index in [0.717, 1.165) is 0 Å². The van der Waals surface area contributed by atoms with Gasteiger partial charge < -0.3 is 5.43 Å². The van der Waals surface area contributed by atoms with E-state index in [-0.39, 0.29) is 5.82 Å². The zero-order valence-corrected chi connectivity index (χ0v) is 9.86. The maximum atomic E-state index is 13.3. The van der Waals surface area contributed by atoms with Crippen molar-refractivity contribution in [2.45, 2.75) is 31.8 Å². The molecule has 1 heterocycles. The molecule has 4 nitrogen and oxygen atoms in total. The van der Waals surface area contributed by atoms with Gasteiger partial charge in [-0.2, -0.15) is 11.8 Å². The Labute approximate surface area is 92.8 Å². The van der Waals surface area contributed by atoms with Gasteiger partial charge in [0.15, 0.2) is 11.6 Å². The van der Waals surface area contributed by atoms with Crippen LogP contribution in [0, 0.1) is 12.7 Å². The Morgan fingerprint density at radius 3 is 2.67 bits per heavy atom. The van der Waals surface area contributed by atoms with Crippen LogP contribution in [-0.4, -0.2) is 15.2 Å². The van der Waals surface area contributed by atoms with Crippen LogP contribution in [0.15, 0.2) is 0 Å². The molecule has 0 aliphatic rings. The third-order valence-corrected chi connectivity index (χ3v) is 2.84. The van der Waals surface area contributed by atoms with Gasteiger partial charge in [-0.15, -0.1) is 0 Å². The molecule has 0 atom stereocenters. The van der Waals surface area contributed by atoms with Gasteiger partial charge in [0, 0.05) is 0 Å². The lowest BCUT2D eigenvalue weighted by molar-refractivity contribution is 0.602. The molecule has 0 aliphatic carbocycles. The molecule has 0 radical (unpaired) electrons. The second-order valence-corrected chi connectivity index (χ2v) is 4.96. The van der Waals surface area contributed by atoms with E-state index in [0.29, 0.717) is 22.5 Å². The number of nitrogens with one attached hydrogen (secondary N) is 1. The molecule has 0 bridgehead atoms. The summed E-state index contributed by atoms with van der Waals surface area (Å²) >= 11 is 1.70. The first-order valence-electron chi connectivity index (χ1n) is 4.65. The minimum absolute atomic E-state index is 0.0573. The maximum absolute atomic E-state index is 13.3. The van der Waals surface area contributed by atoms with Gasteiger partial charge >= 0.3 is 0 Å². The number of halogens is 1. The molecule has 1 rings (SSSR count). The summed E-state index contributed by atoms with van der Waals surface area (Å²) in [5.74, 6) is 5.98. The predicted molar refractivity (Wildman–Crippen MR) is 61.0 cm³/mol. The first kappa shape index (κ1) is 12.2. The summed E-state index contributed by atoms with van der Waals surface area (Å²) < 4.78 is 13.3. The number of thioether (sulfide) groups is 1. The molecule has 1 aromatic rings. The van der Waals surface area contributed by atoms with Crippen LogP contribution in [-0.2, 0) is 5.75 Å². The SMILES string of the molecule is Cc1nc(CSC(C)C)nc(NN)c1F. The maximum Gasteiger partial charge on any atom is 0.187 e. The number of nitrogen functional groups attached to an aromatic ring is 1. The summed E-state index contributed by atoms with van der Waals surface area (Å²) in [4.78, 5) is 8.03. The van der Waals surface area contributed by atoms with Crippen molar-refractivity contribution >= 4 is 17.6 Å². The van der Waals surface area contributed by atoms with E-state index in [9.17, 15) is 4.39 Å². The summed E-state index contributed by atoms with van der Waals surface area (Å²) in [7, 11) is 0. The first-order chi connectivity index (χ1) is 7.04. The monoisotopic (exact) mass is 230 g/mol. The van der Waals surface area contributed by atoms with Crippen molar-refractivity contribution in [2.24, 2.45) is 5.84 Å². The van der Waals surface area contributed by atoms with Crippen LogP contribution in [0.4, 0.5) is 10.2 Å². The second-order valence-electron chi connectivity index (χ2n) is 3.39. The van der Waals surface area contributed by atoms with Crippen LogP contribution in [0.5, 0.6) is 0 Å². The number of aryl methyl sites for hydroxylation is 1. The van der Waals surface area contributed by atoms with E-state index in [1.54, 1.807) is 18.7 Å². The minimum Gasteiger partial charge on any atom is -0.306 e. The summed E-state index contributed by atoms with van der Waals surface area (Å²) in [6, 6.07) is 0. The Morgan fingerprint density at radius 2 is 2.13 bits per heavy atom. The number of aromatic nitrogens is 2. The molecular weight excluding hydrogens is 215 g/mol. The Morgan fingerprint density at radius 1 is 1.47 bits per heavy atom. The second kappa shape index (κ2) is 5.27. The summed E-state index contributed by atoms with van der Waals surface area (Å²) in [6.07, 6.45) is 0. The van der Waals surface area contributed by atoms with Crippen molar-refractivity contribution in [1.29, 1.82) is 0 Å². The van der Waals surface area contributed by atoms with Crippen molar-refractivity contribution in [3.05, 3.63) is 17.3 Å². The predicted octanol–water partition coefficient (Wildman–Crippen LogP) is 1.85. The summed E-state index contributed by atoms with van der Waals surface area (Å²) in [5.41, 5.74) is 2.55. The Bertz CT molecular complexity index is 343. The van der Waals surface area contributed by atoms with Crippen LogP contribution in [0.2, 0.25) is 0 Å². The molecule has 6 heteroatoms. The Kier molecular flexibility index (Phi) is 4.28. The van der Waals surface area contributed by atoms with Crippen molar-refractivity contribution in [2.75, 3.05) is 5.43 Å². The lowest BCUT2D eigenvalue weighted by Crippen LogP contribution is -2.14. The van der Waals surface area contributed by atoms with Crippen LogP contribution in [0.3, 0.4) is 0 Å². The molecule has 0 spiro atoms. The third kappa shape index (κ3) is 3.32. The van der Waals surface area contributed by atoms with Crippen molar-refractivity contribution in [3.63, 3.8) is 0 Å². The van der Waals surface area contributed by atoms with Crippen LogP contribution < -0.4 is 11.3 Å². The molecule has 0 aromatic carbocycles. The standard InChI is InChI=1S/C9H15FN4S/c1-5(2)15-4-7-12-6(3)8(10)9(13-7)14-11/h5H,4,11H2,1-3H3,(H,12,13,14). The number of anilines is 1. The highest BCUT2D eigenvalue weighted by molar-refractivity contribution is 7.99. The topological polar surface area (TPSA) is 63.8 Å². The molecule has 15 heavy (non-hydrogen) atoms. The van der Waals surface area contributed by atoms with Gasteiger partial charge in [0.05, 0.1) is 11.4 Å². The number of hydrazine groups is 1. The molecule has 3 N–H and O–H groups in total. The lowest BCUT2D eigenvalue weighted by Gasteiger charge is -2.08. The average Bonchev–Trinajstić information content (AvgIpc) is 2.19. The summed E-state index contributed by atoms with van der Waals surface area (Å²) in [5, 5.41) is 0.494. The van der Waals surface area contributed by atoms with E-state index < -0.39 is 5.82 Å². The lowest BCUT2D eigenvalue weighted by atomic mass is 10.4. The van der Waals surface area contributed by atoms with Crippen molar-refractivity contribution in [1.82, 2.24) is 9.97 Å². The molecular formula is C9H15FN4S. The first-order valence-corrected chi connectivity index (χ1v) is 5.70. The molecule has 0 unspecified atom stereocenters. The van der Waals surface area contributed by atoms with Crippen molar-refractivity contribution < 1.29 is 4.39 Å². The van der Waals surface area contributed by atoms with Gasteiger partial charge in [-0.25, -0.2) is 20.2 Å². The minimum atomic E-state index is -0.490. The normalized spacial score (nSPS) is 10.8. The smallest absolute Gasteiger partial charge is 0.187 e. The zero-order valence-electron chi connectivity index (χ0n) is 9.04. The van der Waals surface area contributed by atoms with Gasteiger partial charge in [-0.05, 0) is 12.2 Å². The third-order valence-electron chi connectivity index (χ3n) is 1.75. The number of hydrogen-bond donors (Lipinski definition) is 2. The van der Waals surface area contributed by atoms with Gasteiger partial charge in [0.25, 0.3) is 0 Å². The van der Waals surface area contributed by atoms with Gasteiger partial charge in [0.2, 0.25) is 0 Å². The average molecular weight is 230 g/mol. The molecule has 84 valence electrons. The number of nitrogens with two attached hydrogens (primary N) is 1. The van der Waals surface area contributed by atoms with Crippen molar-refractivity contribution in [3.8, 4) is 0 Å². The Balaban J connectivity index is 2.86. The van der Waals surface area contributed by atoms with E-state index in [1.165, 1.54) is 0 Å². The van der Waals surface area contributed by atoms with E-state index in [4.69, 9.17) is 5.84 Å². The fraction of sp³-hybridized carbons (Fsp3) is 0.556. The molecule has 0 fully saturated rings. The highest BCUT2D eigenvalue weighted by atomic mass is 32.2. The van der Waals surface area contributed by atoms with Gasteiger partial charge in [-0.1, -0.05) is 13.8 Å². The fourth-order valence-electron chi connectivity index (χ4n) is 1.02. The van der Waals surface area contributed by atoms with E-state index in [2.05, 4.69) is 29.2 Å². The highest BCUT2D eigenvalue weighted by Crippen LogP contribution is 2.18. The highest BCUT2D eigenvalue weighted by Gasteiger charge is 2.10. The Hall–Kier alpha value is -0.880. The van der Waals surface area contributed by atoms with Crippen LogP contribution in [0.1, 0.15) is 25.4 Å². The van der Waals surface area contributed by atoms with Crippen LogP contribution >= 0.6 is 11.8 Å². The largest absolute Gasteiger partial charge is 0.306 e. The molecule has 0 aliphatic heterocycles. The summed E-state index contributed by atoms with van der Waals surface area (Å²) in [6.45, 7) is 5.77. The quantitative estimate of drug-likeness (QED) is 0.610. The zero-order chi connectivity index (χ0) is 11.4. The fourth-order valence-corrected chi connectivity index (χ4v) is 1.63. The molecule has 0 saturated carbocycles. The molecule has 1 aromatic heterocycles.